The van der Waals surface area contributed by atoms with E-state index in [9.17, 15) is 22.4 Å². The number of hydrogen-bond donors (Lipinski definition) is 1. The number of hydrogen-bond acceptors (Lipinski definition) is 3. The summed E-state index contributed by atoms with van der Waals surface area (Å²) in [5, 5.41) is 5.98. The number of oxime groups is 1. The van der Waals surface area contributed by atoms with Gasteiger partial charge in [0.05, 0.1) is 17.0 Å². The molecule has 1 heterocycles. The van der Waals surface area contributed by atoms with Gasteiger partial charge in [-0.1, -0.05) is 29.4 Å². The summed E-state index contributed by atoms with van der Waals surface area (Å²) in [6, 6.07) is 10.1. The lowest BCUT2D eigenvalue weighted by atomic mass is 10.0. The Kier molecular flexibility index (Phi) is 4.43. The summed E-state index contributed by atoms with van der Waals surface area (Å²) < 4.78 is 51.8. The van der Waals surface area contributed by atoms with Gasteiger partial charge in [-0.3, -0.25) is 4.79 Å². The van der Waals surface area contributed by atoms with Gasteiger partial charge >= 0.3 is 6.18 Å². The highest BCUT2D eigenvalue weighted by molar-refractivity contribution is 6.06. The van der Waals surface area contributed by atoms with Crippen LogP contribution in [0.4, 0.5) is 23.2 Å². The van der Waals surface area contributed by atoms with E-state index < -0.39 is 29.6 Å². The number of rotatable bonds is 3. The van der Waals surface area contributed by atoms with Crippen molar-refractivity contribution in [1.29, 1.82) is 0 Å². The third-order valence-corrected chi connectivity index (χ3v) is 3.63. The Morgan fingerprint density at radius 3 is 2.48 bits per heavy atom. The van der Waals surface area contributed by atoms with Crippen molar-refractivity contribution >= 4 is 17.3 Å². The smallest absolute Gasteiger partial charge is 0.382 e. The van der Waals surface area contributed by atoms with Crippen molar-refractivity contribution < 1.29 is 27.2 Å². The first-order chi connectivity index (χ1) is 11.8. The monoisotopic (exact) mass is 352 g/mol. The maximum atomic E-state index is 13.0. The van der Waals surface area contributed by atoms with E-state index in [1.54, 1.807) is 0 Å². The first-order valence-corrected chi connectivity index (χ1v) is 7.30. The predicted molar refractivity (Wildman–Crippen MR) is 82.5 cm³/mol. The largest absolute Gasteiger partial charge is 0.418 e. The first-order valence-electron chi connectivity index (χ1n) is 7.30. The molecule has 3 rings (SSSR count). The van der Waals surface area contributed by atoms with Crippen molar-refractivity contribution in [3.63, 3.8) is 0 Å². The van der Waals surface area contributed by atoms with Crippen molar-refractivity contribution in [1.82, 2.24) is 0 Å². The second kappa shape index (κ2) is 6.54. The van der Waals surface area contributed by atoms with Crippen molar-refractivity contribution in [3.05, 3.63) is 65.5 Å². The molecule has 0 spiro atoms. The number of para-hydroxylation sites is 1. The molecule has 2 aromatic rings. The Hall–Kier alpha value is -2.90. The molecule has 130 valence electrons. The molecule has 0 aliphatic carbocycles. The summed E-state index contributed by atoms with van der Waals surface area (Å²) in [6.07, 6.45) is -5.57. The maximum Gasteiger partial charge on any atom is 0.418 e. The molecule has 1 atom stereocenters. The Labute approximate surface area is 140 Å². The quantitative estimate of drug-likeness (QED) is 0.850. The topological polar surface area (TPSA) is 50.7 Å². The highest BCUT2D eigenvalue weighted by atomic mass is 19.4. The van der Waals surface area contributed by atoms with E-state index in [4.69, 9.17) is 4.84 Å². The van der Waals surface area contributed by atoms with Gasteiger partial charge in [0, 0.05) is 6.42 Å². The third kappa shape index (κ3) is 3.78. The van der Waals surface area contributed by atoms with Crippen LogP contribution in [0.15, 0.2) is 53.7 Å². The Morgan fingerprint density at radius 2 is 1.80 bits per heavy atom. The Bertz CT molecular complexity index is 816. The van der Waals surface area contributed by atoms with Crippen LogP contribution >= 0.6 is 0 Å². The van der Waals surface area contributed by atoms with E-state index in [0.717, 1.165) is 12.1 Å². The molecule has 1 aliphatic rings. The van der Waals surface area contributed by atoms with Crippen LogP contribution in [0.3, 0.4) is 0 Å². The molecule has 0 radical (unpaired) electrons. The van der Waals surface area contributed by atoms with Crippen LogP contribution in [0.25, 0.3) is 0 Å². The Balaban J connectivity index is 1.69. The standard InChI is InChI=1S/C17H12F4N2O2/c18-11-7-5-10(6-8-11)14-9-15(25-23-14)16(24)22-13-4-2-1-3-12(13)17(19,20)21/h1-8,15H,9H2,(H,22,24)/t15-/m1/s1. The fraction of sp³-hybridized carbons (Fsp3) is 0.176. The predicted octanol–water partition coefficient (Wildman–Crippen LogP) is 3.98. The van der Waals surface area contributed by atoms with E-state index in [0.29, 0.717) is 11.3 Å². The molecular weight excluding hydrogens is 340 g/mol. The average molecular weight is 352 g/mol. The lowest BCUT2D eigenvalue weighted by Gasteiger charge is -2.15. The zero-order chi connectivity index (χ0) is 18.0. The molecule has 1 aliphatic heterocycles. The summed E-state index contributed by atoms with van der Waals surface area (Å²) >= 11 is 0. The SMILES string of the molecule is O=C(Nc1ccccc1C(F)(F)F)[C@H]1CC(c2ccc(F)cc2)=NO1. The van der Waals surface area contributed by atoms with Crippen LogP contribution in [0.2, 0.25) is 0 Å². The van der Waals surface area contributed by atoms with Crippen LogP contribution in [0, 0.1) is 5.82 Å². The third-order valence-electron chi connectivity index (χ3n) is 3.63. The van der Waals surface area contributed by atoms with Gasteiger partial charge in [-0.15, -0.1) is 0 Å². The van der Waals surface area contributed by atoms with E-state index in [2.05, 4.69) is 10.5 Å². The molecule has 1 N–H and O–H groups in total. The van der Waals surface area contributed by atoms with E-state index in [1.165, 1.54) is 36.4 Å². The van der Waals surface area contributed by atoms with Crippen LogP contribution in [0.5, 0.6) is 0 Å². The van der Waals surface area contributed by atoms with Gasteiger partial charge in [-0.05, 0) is 29.8 Å². The maximum absolute atomic E-state index is 13.0. The van der Waals surface area contributed by atoms with Gasteiger partial charge in [-0.2, -0.15) is 13.2 Å². The van der Waals surface area contributed by atoms with E-state index in [1.807, 2.05) is 0 Å². The highest BCUT2D eigenvalue weighted by Gasteiger charge is 2.35. The summed E-state index contributed by atoms with van der Waals surface area (Å²) in [5.74, 6) is -1.15. The molecule has 0 unspecified atom stereocenters. The number of benzene rings is 2. The van der Waals surface area contributed by atoms with Gasteiger partial charge < -0.3 is 10.2 Å². The minimum absolute atomic E-state index is 0.0751. The lowest BCUT2D eigenvalue weighted by molar-refractivity contribution is -0.137. The molecule has 0 aromatic heterocycles. The second-order valence-electron chi connectivity index (χ2n) is 5.38. The zero-order valence-corrected chi connectivity index (χ0v) is 12.7. The summed E-state index contributed by atoms with van der Waals surface area (Å²) in [6.45, 7) is 0. The molecular formula is C17H12F4N2O2. The van der Waals surface area contributed by atoms with Crippen molar-refractivity contribution in [2.45, 2.75) is 18.7 Å². The van der Waals surface area contributed by atoms with E-state index >= 15 is 0 Å². The number of halogens is 4. The minimum Gasteiger partial charge on any atom is -0.382 e. The second-order valence-corrected chi connectivity index (χ2v) is 5.38. The molecule has 0 bridgehead atoms. The van der Waals surface area contributed by atoms with Gasteiger partial charge in [0.25, 0.3) is 5.91 Å². The number of amides is 1. The van der Waals surface area contributed by atoms with Crippen LogP contribution in [-0.2, 0) is 15.8 Å². The minimum atomic E-state index is -4.59. The molecule has 0 saturated carbocycles. The van der Waals surface area contributed by atoms with Crippen LogP contribution in [0.1, 0.15) is 17.5 Å². The molecule has 4 nitrogen and oxygen atoms in total. The van der Waals surface area contributed by atoms with Crippen LogP contribution < -0.4 is 5.32 Å². The number of alkyl halides is 3. The zero-order valence-electron chi connectivity index (χ0n) is 12.7. The summed E-state index contributed by atoms with van der Waals surface area (Å²) in [4.78, 5) is 17.2. The molecule has 1 amide bonds. The fourth-order valence-electron chi connectivity index (χ4n) is 2.38. The molecule has 0 saturated heterocycles. The average Bonchev–Trinajstić information content (AvgIpc) is 3.05. The summed E-state index contributed by atoms with van der Waals surface area (Å²) in [5.41, 5.74) is -0.295. The number of carbonyl (C=O) groups excluding carboxylic acids is 1. The van der Waals surface area contributed by atoms with Gasteiger partial charge in [0.2, 0.25) is 6.10 Å². The number of carbonyl (C=O) groups is 1. The van der Waals surface area contributed by atoms with Crippen molar-refractivity contribution in [2.24, 2.45) is 5.16 Å². The normalized spacial score (nSPS) is 17.0. The molecule has 8 heteroatoms. The summed E-state index contributed by atoms with van der Waals surface area (Å²) in [7, 11) is 0. The van der Waals surface area contributed by atoms with Crippen molar-refractivity contribution in [2.75, 3.05) is 5.32 Å². The van der Waals surface area contributed by atoms with Crippen LogP contribution in [-0.4, -0.2) is 17.7 Å². The van der Waals surface area contributed by atoms with Gasteiger partial charge in [0.15, 0.2) is 0 Å². The first kappa shape index (κ1) is 16.9. The fourth-order valence-corrected chi connectivity index (χ4v) is 2.38. The number of anilines is 1. The van der Waals surface area contributed by atoms with Gasteiger partial charge in [0.1, 0.15) is 5.82 Å². The molecule has 2 aromatic carbocycles. The van der Waals surface area contributed by atoms with Gasteiger partial charge in [-0.25, -0.2) is 4.39 Å². The highest BCUT2D eigenvalue weighted by Crippen LogP contribution is 2.34. The number of nitrogens with one attached hydrogen (secondary N) is 1. The van der Waals surface area contributed by atoms with Crippen molar-refractivity contribution in [3.8, 4) is 0 Å². The lowest BCUT2D eigenvalue weighted by Crippen LogP contribution is -2.29. The molecule has 25 heavy (non-hydrogen) atoms. The Morgan fingerprint density at radius 1 is 1.12 bits per heavy atom. The van der Waals surface area contributed by atoms with E-state index in [-0.39, 0.29) is 12.1 Å². The number of nitrogens with zero attached hydrogens (tertiary/aromatic N) is 1. The molecule has 0 fully saturated rings.